The van der Waals surface area contributed by atoms with Crippen molar-refractivity contribution >= 4 is 17.4 Å². The summed E-state index contributed by atoms with van der Waals surface area (Å²) in [4.78, 5) is 17.5. The van der Waals surface area contributed by atoms with Crippen molar-refractivity contribution in [2.45, 2.75) is 76.7 Å². The summed E-state index contributed by atoms with van der Waals surface area (Å²) >= 11 is 0. The summed E-state index contributed by atoms with van der Waals surface area (Å²) < 4.78 is 46.3. The molecular weight excluding hydrogens is 481 g/mol. The van der Waals surface area contributed by atoms with Crippen LogP contribution in [0, 0.1) is 5.41 Å². The predicted molar refractivity (Wildman–Crippen MR) is 138 cm³/mol. The van der Waals surface area contributed by atoms with Crippen LogP contribution in [0.1, 0.15) is 75.2 Å². The Morgan fingerprint density at radius 2 is 1.76 bits per heavy atom. The van der Waals surface area contributed by atoms with Crippen molar-refractivity contribution < 1.29 is 22.7 Å². The van der Waals surface area contributed by atoms with E-state index in [4.69, 9.17) is 15.9 Å². The summed E-state index contributed by atoms with van der Waals surface area (Å²) in [7, 11) is 0. The Morgan fingerprint density at radius 1 is 1.05 bits per heavy atom. The average Bonchev–Trinajstić information content (AvgIpc) is 2.85. The number of amidine groups is 1. The standard InChI is InChI=1S/C28H35F3N4O2/c1-18-8-6-9-19(2)34(18)14-4-3-5-15-35-23-17-22(28(29,30)31)12-13-24(23)37-25(27(35)36)20-10-7-11-21(16-20)26(32)33/h7,10-13,16-19,25H,3-6,8-9,14-15H2,1-2H3,(H3,32,33)/t18-,19+,25?. The number of piperidine rings is 1. The third-order valence-corrected chi connectivity index (χ3v) is 7.49. The first kappa shape index (κ1) is 27.0. The van der Waals surface area contributed by atoms with E-state index in [9.17, 15) is 18.0 Å². The van der Waals surface area contributed by atoms with E-state index in [0.29, 0.717) is 36.2 Å². The second kappa shape index (κ2) is 11.1. The Hall–Kier alpha value is -3.07. The summed E-state index contributed by atoms with van der Waals surface area (Å²) in [6, 6.07) is 11.0. The van der Waals surface area contributed by atoms with Gasteiger partial charge in [-0.3, -0.25) is 15.1 Å². The van der Waals surface area contributed by atoms with Crippen molar-refractivity contribution in [3.05, 3.63) is 59.2 Å². The second-order valence-electron chi connectivity index (χ2n) is 10.1. The van der Waals surface area contributed by atoms with E-state index in [0.717, 1.165) is 31.5 Å². The maximum Gasteiger partial charge on any atom is 0.416 e. The molecule has 2 aromatic rings. The minimum absolute atomic E-state index is 0.136. The fourth-order valence-electron chi connectivity index (χ4n) is 5.41. The van der Waals surface area contributed by atoms with E-state index >= 15 is 0 Å². The zero-order valence-corrected chi connectivity index (χ0v) is 21.4. The molecule has 4 rings (SSSR count). The predicted octanol–water partition coefficient (Wildman–Crippen LogP) is 5.89. The molecule has 2 aliphatic rings. The summed E-state index contributed by atoms with van der Waals surface area (Å²) in [6.07, 6.45) is 0.601. The summed E-state index contributed by atoms with van der Waals surface area (Å²) in [6.45, 7) is 5.80. The Bertz CT molecular complexity index is 1130. The van der Waals surface area contributed by atoms with Crippen molar-refractivity contribution in [2.75, 3.05) is 18.0 Å². The highest BCUT2D eigenvalue weighted by Crippen LogP contribution is 2.42. The lowest BCUT2D eigenvalue weighted by Gasteiger charge is -2.39. The lowest BCUT2D eigenvalue weighted by atomic mass is 9.97. The van der Waals surface area contributed by atoms with Crippen molar-refractivity contribution in [2.24, 2.45) is 5.73 Å². The Labute approximate surface area is 216 Å². The van der Waals surface area contributed by atoms with Gasteiger partial charge in [0.25, 0.3) is 5.91 Å². The molecule has 9 heteroatoms. The van der Waals surface area contributed by atoms with Crippen LogP contribution in [0.15, 0.2) is 42.5 Å². The molecule has 200 valence electrons. The van der Waals surface area contributed by atoms with Gasteiger partial charge in [0, 0.05) is 29.8 Å². The molecule has 2 aromatic carbocycles. The minimum atomic E-state index is -4.53. The van der Waals surface area contributed by atoms with E-state index < -0.39 is 23.8 Å². The van der Waals surface area contributed by atoms with Crippen LogP contribution in [0.2, 0.25) is 0 Å². The number of nitrogens with two attached hydrogens (primary N) is 1. The molecule has 6 nitrogen and oxygen atoms in total. The molecule has 2 aliphatic heterocycles. The van der Waals surface area contributed by atoms with Gasteiger partial charge in [-0.1, -0.05) is 31.0 Å². The van der Waals surface area contributed by atoms with E-state index in [2.05, 4.69) is 18.7 Å². The molecule has 1 fully saturated rings. The van der Waals surface area contributed by atoms with Crippen LogP contribution in [0.4, 0.5) is 18.9 Å². The van der Waals surface area contributed by atoms with Crippen LogP contribution in [-0.2, 0) is 11.0 Å². The molecule has 0 aliphatic carbocycles. The van der Waals surface area contributed by atoms with Gasteiger partial charge >= 0.3 is 6.18 Å². The van der Waals surface area contributed by atoms with E-state index in [1.54, 1.807) is 24.3 Å². The molecule has 3 atom stereocenters. The highest BCUT2D eigenvalue weighted by Gasteiger charge is 2.38. The number of amides is 1. The van der Waals surface area contributed by atoms with Crippen molar-refractivity contribution in [1.82, 2.24) is 4.90 Å². The number of rotatable bonds is 8. The number of carbonyl (C=O) groups is 1. The molecule has 37 heavy (non-hydrogen) atoms. The van der Waals surface area contributed by atoms with Gasteiger partial charge in [-0.15, -0.1) is 0 Å². The van der Waals surface area contributed by atoms with Gasteiger partial charge in [-0.25, -0.2) is 0 Å². The third kappa shape index (κ3) is 6.09. The van der Waals surface area contributed by atoms with Gasteiger partial charge in [0.2, 0.25) is 6.10 Å². The number of nitrogens with one attached hydrogen (secondary N) is 1. The number of nitrogen functional groups attached to an aromatic ring is 1. The maximum atomic E-state index is 13.6. The van der Waals surface area contributed by atoms with E-state index in [1.165, 1.54) is 30.2 Å². The average molecular weight is 517 g/mol. The number of anilines is 1. The molecule has 0 bridgehead atoms. The molecule has 3 N–H and O–H groups in total. The number of unbranched alkanes of at least 4 members (excludes halogenated alkanes) is 2. The van der Waals surface area contributed by atoms with E-state index in [-0.39, 0.29) is 17.3 Å². The molecule has 0 radical (unpaired) electrons. The molecule has 1 unspecified atom stereocenters. The number of halogens is 3. The van der Waals surface area contributed by atoms with Crippen molar-refractivity contribution in [3.63, 3.8) is 0 Å². The van der Waals surface area contributed by atoms with E-state index in [1.807, 2.05) is 0 Å². The summed E-state index contributed by atoms with van der Waals surface area (Å²) in [5.74, 6) is -0.345. The van der Waals surface area contributed by atoms with Gasteiger partial charge in [0.15, 0.2) is 0 Å². The monoisotopic (exact) mass is 516 g/mol. The highest BCUT2D eigenvalue weighted by atomic mass is 19.4. The minimum Gasteiger partial charge on any atom is -0.474 e. The Morgan fingerprint density at radius 3 is 2.43 bits per heavy atom. The number of ether oxygens (including phenoxy) is 1. The smallest absolute Gasteiger partial charge is 0.416 e. The summed E-state index contributed by atoms with van der Waals surface area (Å²) in [5, 5.41) is 7.70. The van der Waals surface area contributed by atoms with Crippen LogP contribution in [0.25, 0.3) is 0 Å². The number of nitrogens with zero attached hydrogens (tertiary/aromatic N) is 2. The quantitative estimate of drug-likeness (QED) is 0.260. The first-order valence-electron chi connectivity index (χ1n) is 13.0. The zero-order chi connectivity index (χ0) is 26.7. The number of hydrogen-bond acceptors (Lipinski definition) is 4. The van der Waals surface area contributed by atoms with Crippen molar-refractivity contribution in [1.29, 1.82) is 5.41 Å². The number of hydrogen-bond donors (Lipinski definition) is 2. The Kier molecular flexibility index (Phi) is 8.11. The fraction of sp³-hybridized carbons (Fsp3) is 0.500. The normalized spacial score (nSPS) is 22.5. The zero-order valence-electron chi connectivity index (χ0n) is 21.4. The van der Waals surface area contributed by atoms with Crippen LogP contribution < -0.4 is 15.4 Å². The third-order valence-electron chi connectivity index (χ3n) is 7.49. The molecule has 2 heterocycles. The second-order valence-corrected chi connectivity index (χ2v) is 10.1. The van der Waals surface area contributed by atoms with Gasteiger partial charge in [-0.2, -0.15) is 13.2 Å². The fourth-order valence-corrected chi connectivity index (χ4v) is 5.41. The number of fused-ring (bicyclic) bond motifs is 1. The van der Waals surface area contributed by atoms with Gasteiger partial charge in [-0.05, 0) is 70.3 Å². The summed E-state index contributed by atoms with van der Waals surface area (Å²) in [5.41, 5.74) is 5.87. The van der Waals surface area contributed by atoms with Crippen LogP contribution >= 0.6 is 0 Å². The van der Waals surface area contributed by atoms with Crippen molar-refractivity contribution in [3.8, 4) is 5.75 Å². The Balaban J connectivity index is 1.52. The van der Waals surface area contributed by atoms with Gasteiger partial charge in [0.05, 0.1) is 11.3 Å². The van der Waals surface area contributed by atoms with Crippen LogP contribution in [0.5, 0.6) is 5.75 Å². The first-order chi connectivity index (χ1) is 17.6. The van der Waals surface area contributed by atoms with Gasteiger partial charge < -0.3 is 15.4 Å². The van der Waals surface area contributed by atoms with Gasteiger partial charge in [0.1, 0.15) is 11.6 Å². The number of benzene rings is 2. The molecular formula is C28H35F3N4O2. The lowest BCUT2D eigenvalue weighted by Crippen LogP contribution is -2.44. The molecule has 1 amide bonds. The topological polar surface area (TPSA) is 82.7 Å². The highest BCUT2D eigenvalue weighted by molar-refractivity contribution is 6.01. The van der Waals surface area contributed by atoms with Crippen LogP contribution in [-0.4, -0.2) is 41.8 Å². The molecule has 0 saturated carbocycles. The molecule has 0 aromatic heterocycles. The molecule has 0 spiro atoms. The lowest BCUT2D eigenvalue weighted by molar-refractivity contribution is -0.137. The first-order valence-corrected chi connectivity index (χ1v) is 13.0. The molecule has 1 saturated heterocycles. The SMILES string of the molecule is C[C@@H]1CCC[C@H](C)N1CCCCCN1C(=O)C(c2cccc(C(=N)N)c2)Oc2ccc(C(F)(F)F)cc21. The number of likely N-dealkylation sites (tertiary alicyclic amines) is 1. The number of carbonyl (C=O) groups excluding carboxylic acids is 1. The maximum absolute atomic E-state index is 13.6. The van der Waals surface area contributed by atoms with Crippen LogP contribution in [0.3, 0.4) is 0 Å². The number of alkyl halides is 3. The largest absolute Gasteiger partial charge is 0.474 e.